The summed E-state index contributed by atoms with van der Waals surface area (Å²) in [6.07, 6.45) is 8.78. The van der Waals surface area contributed by atoms with E-state index in [0.29, 0.717) is 5.82 Å². The second-order valence-corrected chi connectivity index (χ2v) is 4.67. The fourth-order valence-electron chi connectivity index (χ4n) is 1.94. The third-order valence-corrected chi connectivity index (χ3v) is 3.14. The Labute approximate surface area is 102 Å². The maximum absolute atomic E-state index is 10.5. The molecule has 1 heterocycles. The number of primary amides is 1. The van der Waals surface area contributed by atoms with Crippen LogP contribution in [-0.4, -0.2) is 15.7 Å². The van der Waals surface area contributed by atoms with Crippen molar-refractivity contribution >= 4 is 11.7 Å². The lowest BCUT2D eigenvalue weighted by molar-refractivity contribution is 0.100. The van der Waals surface area contributed by atoms with Crippen molar-refractivity contribution in [3.05, 3.63) is 11.8 Å². The van der Waals surface area contributed by atoms with Crippen molar-refractivity contribution in [2.24, 2.45) is 18.7 Å². The number of carbonyl (C=O) groups excluding carboxylic acids is 1. The molecule has 0 atom stereocenters. The van der Waals surface area contributed by atoms with E-state index in [1.54, 1.807) is 7.05 Å². The van der Waals surface area contributed by atoms with Gasteiger partial charge in [0, 0.05) is 7.05 Å². The molecule has 1 aliphatic carbocycles. The van der Waals surface area contributed by atoms with Gasteiger partial charge in [-0.2, -0.15) is 5.10 Å². The van der Waals surface area contributed by atoms with E-state index in [1.807, 2.05) is 0 Å². The Morgan fingerprint density at radius 3 is 2.24 bits per heavy atom. The van der Waals surface area contributed by atoms with Gasteiger partial charge in [0.2, 0.25) is 0 Å². The summed E-state index contributed by atoms with van der Waals surface area (Å²) in [5, 5.41) is 3.73. The summed E-state index contributed by atoms with van der Waals surface area (Å²) in [5.41, 5.74) is 10.6. The zero-order valence-electron chi connectivity index (χ0n) is 10.6. The Morgan fingerprint density at radius 2 is 2.00 bits per heavy atom. The van der Waals surface area contributed by atoms with Crippen LogP contribution in [0.5, 0.6) is 0 Å². The van der Waals surface area contributed by atoms with E-state index in [1.165, 1.54) is 43.0 Å². The summed E-state index contributed by atoms with van der Waals surface area (Å²) in [5.74, 6) is 0.784. The molecule has 4 N–H and O–H groups in total. The van der Waals surface area contributed by atoms with Crippen molar-refractivity contribution < 1.29 is 4.79 Å². The fourth-order valence-corrected chi connectivity index (χ4v) is 1.94. The van der Waals surface area contributed by atoms with Crippen molar-refractivity contribution in [2.75, 3.05) is 5.73 Å². The first-order valence-corrected chi connectivity index (χ1v) is 6.09. The molecule has 17 heavy (non-hydrogen) atoms. The Hall–Kier alpha value is -1.52. The topological polar surface area (TPSA) is 86.9 Å². The highest BCUT2D eigenvalue weighted by Gasteiger charge is 2.08. The van der Waals surface area contributed by atoms with Crippen molar-refractivity contribution in [1.82, 2.24) is 9.78 Å². The van der Waals surface area contributed by atoms with Gasteiger partial charge >= 0.3 is 0 Å². The van der Waals surface area contributed by atoms with Gasteiger partial charge in [0.25, 0.3) is 5.91 Å². The van der Waals surface area contributed by atoms with Crippen molar-refractivity contribution in [3.63, 3.8) is 0 Å². The van der Waals surface area contributed by atoms with Crippen LogP contribution >= 0.6 is 0 Å². The number of nitrogen functional groups attached to an aromatic ring is 1. The summed E-state index contributed by atoms with van der Waals surface area (Å²) < 4.78 is 1.39. The zero-order valence-corrected chi connectivity index (χ0v) is 10.6. The molecule has 0 spiro atoms. The van der Waals surface area contributed by atoms with E-state index in [-0.39, 0.29) is 5.56 Å². The maximum atomic E-state index is 10.5. The third-order valence-electron chi connectivity index (χ3n) is 3.14. The van der Waals surface area contributed by atoms with Crippen LogP contribution in [0.4, 0.5) is 5.82 Å². The largest absolute Gasteiger partial charge is 0.383 e. The minimum Gasteiger partial charge on any atom is -0.383 e. The lowest BCUT2D eigenvalue weighted by atomic mass is 9.91. The molecule has 2 rings (SSSR count). The highest BCUT2D eigenvalue weighted by molar-refractivity contribution is 5.96. The number of nitrogens with two attached hydrogens (primary N) is 2. The molecular weight excluding hydrogens is 216 g/mol. The van der Waals surface area contributed by atoms with Gasteiger partial charge in [-0.1, -0.05) is 39.0 Å². The smallest absolute Gasteiger partial charge is 0.254 e. The average Bonchev–Trinajstić information content (AvgIpc) is 2.62. The number of hydrogen-bond acceptors (Lipinski definition) is 3. The lowest BCUT2D eigenvalue weighted by Gasteiger charge is -2.15. The van der Waals surface area contributed by atoms with Crippen LogP contribution in [0.3, 0.4) is 0 Å². The summed E-state index contributed by atoms with van der Waals surface area (Å²) in [6, 6.07) is 0. The van der Waals surface area contributed by atoms with Crippen LogP contribution in [0, 0.1) is 5.92 Å². The van der Waals surface area contributed by atoms with Crippen LogP contribution in [0.2, 0.25) is 0 Å². The predicted molar refractivity (Wildman–Crippen MR) is 68.4 cm³/mol. The van der Waals surface area contributed by atoms with Crippen LogP contribution < -0.4 is 11.5 Å². The third kappa shape index (κ3) is 4.09. The zero-order chi connectivity index (χ0) is 12.8. The molecule has 1 fully saturated rings. The fraction of sp³-hybridized carbons (Fsp3) is 0.667. The first-order valence-electron chi connectivity index (χ1n) is 6.09. The van der Waals surface area contributed by atoms with Crippen LogP contribution in [0.1, 0.15) is 49.4 Å². The second-order valence-electron chi connectivity index (χ2n) is 4.67. The van der Waals surface area contributed by atoms with E-state index in [0.717, 1.165) is 5.92 Å². The van der Waals surface area contributed by atoms with Crippen LogP contribution in [0.25, 0.3) is 0 Å². The molecule has 0 saturated heterocycles. The monoisotopic (exact) mass is 238 g/mol. The van der Waals surface area contributed by atoms with Gasteiger partial charge in [0.15, 0.2) is 0 Å². The molecule has 0 aliphatic heterocycles. The normalized spacial score (nSPS) is 16.1. The van der Waals surface area contributed by atoms with E-state index >= 15 is 0 Å². The minimum absolute atomic E-state index is 0.266. The molecule has 1 aromatic rings. The van der Waals surface area contributed by atoms with Gasteiger partial charge in [0.1, 0.15) is 11.4 Å². The molecule has 5 nitrogen and oxygen atoms in total. The van der Waals surface area contributed by atoms with E-state index < -0.39 is 5.91 Å². The molecule has 0 unspecified atom stereocenters. The standard InChI is InChI=1S/C7H14.C5H8N4O/c1-7-5-3-2-4-6-7;1-9-4(6)3(2-8-9)5(7)10/h7H,2-6H2,1H3;2H,6H2,1H3,(H2,7,10). The predicted octanol–water partition coefficient (Wildman–Crippen LogP) is 1.69. The average molecular weight is 238 g/mol. The molecule has 5 heteroatoms. The number of aromatic nitrogens is 2. The Morgan fingerprint density at radius 1 is 1.41 bits per heavy atom. The second kappa shape index (κ2) is 6.27. The van der Waals surface area contributed by atoms with Gasteiger partial charge in [-0.05, 0) is 5.92 Å². The Kier molecular flexibility index (Phi) is 5.00. The van der Waals surface area contributed by atoms with Gasteiger partial charge in [-0.3, -0.25) is 9.48 Å². The van der Waals surface area contributed by atoms with Crippen molar-refractivity contribution in [2.45, 2.75) is 39.0 Å². The molecule has 96 valence electrons. The molecule has 1 aromatic heterocycles. The number of amides is 1. The number of anilines is 1. The van der Waals surface area contributed by atoms with Crippen molar-refractivity contribution in [1.29, 1.82) is 0 Å². The van der Waals surface area contributed by atoms with Gasteiger partial charge in [-0.15, -0.1) is 0 Å². The van der Waals surface area contributed by atoms with Crippen LogP contribution in [0.15, 0.2) is 6.20 Å². The SMILES string of the molecule is CC1CCCCC1.Cn1ncc(C(N)=O)c1N. The summed E-state index contributed by atoms with van der Waals surface area (Å²) in [6.45, 7) is 2.36. The van der Waals surface area contributed by atoms with Gasteiger partial charge in [-0.25, -0.2) is 0 Å². The molecular formula is C12H22N4O. The Balaban J connectivity index is 0.000000181. The molecule has 1 saturated carbocycles. The van der Waals surface area contributed by atoms with E-state index in [4.69, 9.17) is 11.5 Å². The molecule has 0 radical (unpaired) electrons. The summed E-state index contributed by atoms with van der Waals surface area (Å²) >= 11 is 0. The lowest BCUT2D eigenvalue weighted by Crippen LogP contribution is -2.12. The minimum atomic E-state index is -0.550. The van der Waals surface area contributed by atoms with Crippen LogP contribution in [-0.2, 0) is 7.05 Å². The maximum Gasteiger partial charge on any atom is 0.254 e. The number of rotatable bonds is 1. The van der Waals surface area contributed by atoms with E-state index in [2.05, 4.69) is 12.0 Å². The van der Waals surface area contributed by atoms with Gasteiger partial charge in [0.05, 0.1) is 6.20 Å². The molecule has 0 bridgehead atoms. The summed E-state index contributed by atoms with van der Waals surface area (Å²) in [7, 11) is 1.64. The highest BCUT2D eigenvalue weighted by Crippen LogP contribution is 2.22. The summed E-state index contributed by atoms with van der Waals surface area (Å²) in [4.78, 5) is 10.5. The van der Waals surface area contributed by atoms with Gasteiger partial charge < -0.3 is 11.5 Å². The highest BCUT2D eigenvalue weighted by atomic mass is 16.1. The molecule has 0 aromatic carbocycles. The first kappa shape index (κ1) is 13.5. The number of carbonyl (C=O) groups is 1. The van der Waals surface area contributed by atoms with E-state index in [9.17, 15) is 4.79 Å². The number of nitrogens with zero attached hydrogens (tertiary/aromatic N) is 2. The molecule has 1 aliphatic rings. The first-order chi connectivity index (χ1) is 8.02. The Bertz CT molecular complexity index is 367. The van der Waals surface area contributed by atoms with Crippen molar-refractivity contribution in [3.8, 4) is 0 Å². The number of hydrogen-bond donors (Lipinski definition) is 2. The quantitative estimate of drug-likeness (QED) is 0.780. The number of aryl methyl sites for hydroxylation is 1. The molecule has 1 amide bonds.